The third-order valence-electron chi connectivity index (χ3n) is 2.20. The zero-order valence-electron chi connectivity index (χ0n) is 8.17. The van der Waals surface area contributed by atoms with Gasteiger partial charge in [-0.2, -0.15) is 0 Å². The number of ether oxygens (including phenoxy) is 1. The smallest absolute Gasteiger partial charge is 0.0468 e. The van der Waals surface area contributed by atoms with E-state index in [-0.39, 0.29) is 5.92 Å². The minimum Gasteiger partial charge on any atom is -0.385 e. The van der Waals surface area contributed by atoms with Gasteiger partial charge in [0.05, 0.1) is 0 Å². The summed E-state index contributed by atoms with van der Waals surface area (Å²) >= 11 is 12.0. The van der Waals surface area contributed by atoms with Crippen molar-refractivity contribution >= 4 is 23.2 Å². The Morgan fingerprint density at radius 1 is 1.36 bits per heavy atom. The Bertz CT molecular complexity index is 276. The van der Waals surface area contributed by atoms with Gasteiger partial charge >= 0.3 is 0 Å². The zero-order valence-corrected chi connectivity index (χ0v) is 9.68. The standard InChI is InChI=1S/C11H14Cl2O/c1-14-7-6-9(8-12)10-4-2-3-5-11(10)13/h2-5,9H,6-8H2,1H3. The normalized spacial score (nSPS) is 12.8. The number of alkyl halides is 1. The predicted molar refractivity (Wildman–Crippen MR) is 61.4 cm³/mol. The van der Waals surface area contributed by atoms with Gasteiger partial charge < -0.3 is 4.74 Å². The minimum absolute atomic E-state index is 0.283. The van der Waals surface area contributed by atoms with Crippen molar-refractivity contribution < 1.29 is 4.74 Å². The molecular weight excluding hydrogens is 219 g/mol. The summed E-state index contributed by atoms with van der Waals surface area (Å²) < 4.78 is 5.03. The van der Waals surface area contributed by atoms with Gasteiger partial charge in [0.1, 0.15) is 0 Å². The van der Waals surface area contributed by atoms with Crippen molar-refractivity contribution in [2.45, 2.75) is 12.3 Å². The quantitative estimate of drug-likeness (QED) is 0.704. The minimum atomic E-state index is 0.283. The fraction of sp³-hybridized carbons (Fsp3) is 0.455. The highest BCUT2D eigenvalue weighted by Gasteiger charge is 2.12. The van der Waals surface area contributed by atoms with E-state index in [2.05, 4.69) is 0 Å². The van der Waals surface area contributed by atoms with Crippen LogP contribution in [-0.2, 0) is 4.74 Å². The zero-order chi connectivity index (χ0) is 10.4. The van der Waals surface area contributed by atoms with Gasteiger partial charge in [-0.25, -0.2) is 0 Å². The lowest BCUT2D eigenvalue weighted by Crippen LogP contribution is -2.05. The summed E-state index contributed by atoms with van der Waals surface area (Å²) in [5.41, 5.74) is 1.11. The Morgan fingerprint density at radius 3 is 2.64 bits per heavy atom. The van der Waals surface area contributed by atoms with Gasteiger partial charge in [0, 0.05) is 30.5 Å². The molecule has 0 aliphatic carbocycles. The van der Waals surface area contributed by atoms with Gasteiger partial charge in [-0.3, -0.25) is 0 Å². The number of halogens is 2. The van der Waals surface area contributed by atoms with Crippen molar-refractivity contribution in [2.75, 3.05) is 19.6 Å². The van der Waals surface area contributed by atoms with Crippen LogP contribution >= 0.6 is 23.2 Å². The van der Waals surface area contributed by atoms with Crippen molar-refractivity contribution in [3.63, 3.8) is 0 Å². The summed E-state index contributed by atoms with van der Waals surface area (Å²) in [6, 6.07) is 7.81. The van der Waals surface area contributed by atoms with Crippen LogP contribution in [0.5, 0.6) is 0 Å². The highest BCUT2D eigenvalue weighted by Crippen LogP contribution is 2.27. The summed E-state index contributed by atoms with van der Waals surface area (Å²) in [5, 5.41) is 0.786. The molecule has 1 nitrogen and oxygen atoms in total. The number of methoxy groups -OCH3 is 1. The molecule has 0 aromatic heterocycles. The Balaban J connectivity index is 2.73. The van der Waals surface area contributed by atoms with Gasteiger partial charge in [-0.05, 0) is 18.1 Å². The van der Waals surface area contributed by atoms with E-state index in [1.165, 1.54) is 0 Å². The Morgan fingerprint density at radius 2 is 2.07 bits per heavy atom. The molecular formula is C11H14Cl2O. The summed E-state index contributed by atoms with van der Waals surface area (Å²) in [6.45, 7) is 0.711. The molecule has 1 aromatic carbocycles. The average Bonchev–Trinajstić information content (AvgIpc) is 2.21. The van der Waals surface area contributed by atoms with Crippen molar-refractivity contribution in [3.05, 3.63) is 34.9 Å². The Kier molecular flexibility index (Phi) is 5.31. The van der Waals surface area contributed by atoms with Gasteiger partial charge in [0.25, 0.3) is 0 Å². The predicted octanol–water partition coefficient (Wildman–Crippen LogP) is 3.70. The molecule has 0 saturated heterocycles. The van der Waals surface area contributed by atoms with E-state index < -0.39 is 0 Å². The molecule has 0 heterocycles. The van der Waals surface area contributed by atoms with Crippen LogP contribution < -0.4 is 0 Å². The SMILES string of the molecule is COCCC(CCl)c1ccccc1Cl. The molecule has 1 atom stereocenters. The molecule has 1 unspecified atom stereocenters. The van der Waals surface area contributed by atoms with E-state index in [9.17, 15) is 0 Å². The van der Waals surface area contributed by atoms with E-state index in [1.807, 2.05) is 24.3 Å². The second kappa shape index (κ2) is 6.28. The number of hydrogen-bond acceptors (Lipinski definition) is 1. The van der Waals surface area contributed by atoms with Crippen LogP contribution in [-0.4, -0.2) is 19.6 Å². The monoisotopic (exact) mass is 232 g/mol. The van der Waals surface area contributed by atoms with Crippen LogP contribution in [0.4, 0.5) is 0 Å². The van der Waals surface area contributed by atoms with Gasteiger partial charge in [0.2, 0.25) is 0 Å². The third kappa shape index (κ3) is 3.16. The molecule has 0 amide bonds. The summed E-state index contributed by atoms with van der Waals surface area (Å²) in [6.07, 6.45) is 0.906. The van der Waals surface area contributed by atoms with Crippen molar-refractivity contribution in [3.8, 4) is 0 Å². The molecule has 0 radical (unpaired) electrons. The first-order chi connectivity index (χ1) is 6.79. The second-order valence-corrected chi connectivity index (χ2v) is 3.87. The molecule has 1 aromatic rings. The lowest BCUT2D eigenvalue weighted by atomic mass is 9.98. The van der Waals surface area contributed by atoms with Crippen LogP contribution in [0.15, 0.2) is 24.3 Å². The van der Waals surface area contributed by atoms with Crippen molar-refractivity contribution in [1.82, 2.24) is 0 Å². The lowest BCUT2D eigenvalue weighted by molar-refractivity contribution is 0.189. The first-order valence-corrected chi connectivity index (χ1v) is 5.50. The largest absolute Gasteiger partial charge is 0.385 e. The van der Waals surface area contributed by atoms with Gasteiger partial charge in [0.15, 0.2) is 0 Å². The maximum atomic E-state index is 6.08. The summed E-state index contributed by atoms with van der Waals surface area (Å²) in [7, 11) is 1.69. The van der Waals surface area contributed by atoms with Crippen molar-refractivity contribution in [2.24, 2.45) is 0 Å². The molecule has 0 saturated carbocycles. The molecule has 78 valence electrons. The van der Waals surface area contributed by atoms with E-state index in [0.717, 1.165) is 17.0 Å². The van der Waals surface area contributed by atoms with E-state index in [4.69, 9.17) is 27.9 Å². The molecule has 0 aliphatic rings. The van der Waals surface area contributed by atoms with Gasteiger partial charge in [-0.1, -0.05) is 29.8 Å². The number of rotatable bonds is 5. The molecule has 3 heteroatoms. The molecule has 0 aliphatic heterocycles. The topological polar surface area (TPSA) is 9.23 Å². The Labute approximate surface area is 95.0 Å². The molecule has 0 spiro atoms. The van der Waals surface area contributed by atoms with E-state index in [0.29, 0.717) is 12.5 Å². The van der Waals surface area contributed by atoms with Crippen LogP contribution in [0.1, 0.15) is 17.9 Å². The first-order valence-electron chi connectivity index (χ1n) is 4.59. The summed E-state index contributed by atoms with van der Waals surface area (Å²) in [5.74, 6) is 0.859. The van der Waals surface area contributed by atoms with E-state index >= 15 is 0 Å². The lowest BCUT2D eigenvalue weighted by Gasteiger charge is -2.14. The van der Waals surface area contributed by atoms with Crippen LogP contribution in [0, 0.1) is 0 Å². The maximum absolute atomic E-state index is 6.08. The summed E-state index contributed by atoms with van der Waals surface area (Å²) in [4.78, 5) is 0. The Hall–Kier alpha value is -0.240. The highest BCUT2D eigenvalue weighted by molar-refractivity contribution is 6.31. The molecule has 0 N–H and O–H groups in total. The van der Waals surface area contributed by atoms with Crippen molar-refractivity contribution in [1.29, 1.82) is 0 Å². The fourth-order valence-corrected chi connectivity index (χ4v) is 1.99. The van der Waals surface area contributed by atoms with Gasteiger partial charge in [-0.15, -0.1) is 11.6 Å². The molecule has 14 heavy (non-hydrogen) atoms. The molecule has 0 fully saturated rings. The third-order valence-corrected chi connectivity index (χ3v) is 2.92. The van der Waals surface area contributed by atoms with Crippen LogP contribution in [0.3, 0.4) is 0 Å². The van der Waals surface area contributed by atoms with Crippen LogP contribution in [0.2, 0.25) is 5.02 Å². The first kappa shape index (κ1) is 11.8. The highest BCUT2D eigenvalue weighted by atomic mass is 35.5. The molecule has 1 rings (SSSR count). The van der Waals surface area contributed by atoms with Crippen LogP contribution in [0.25, 0.3) is 0 Å². The molecule has 0 bridgehead atoms. The second-order valence-electron chi connectivity index (χ2n) is 3.15. The fourth-order valence-electron chi connectivity index (χ4n) is 1.38. The van der Waals surface area contributed by atoms with E-state index in [1.54, 1.807) is 7.11 Å². The average molecular weight is 233 g/mol. The number of hydrogen-bond donors (Lipinski definition) is 0. The number of benzene rings is 1. The maximum Gasteiger partial charge on any atom is 0.0468 e.